The molecule has 1 atom stereocenters. The molecule has 25 heavy (non-hydrogen) atoms. The fourth-order valence-corrected chi connectivity index (χ4v) is 2.57. The first kappa shape index (κ1) is 18.9. The van der Waals surface area contributed by atoms with E-state index in [0.717, 1.165) is 11.3 Å². The number of nitrogens with one attached hydrogen (secondary N) is 1. The standard InChI is InChI=1S/C19H23ClN2O3/c1-11(2)25-14-7-5-6-13(8-14)12(3)22-19(23)15-9-16(20)17(21)10-18(15)24-4/h5-12H,21H2,1-4H3,(H,22,23). The van der Waals surface area contributed by atoms with Crippen LogP contribution in [0.5, 0.6) is 11.5 Å². The molecule has 0 aliphatic rings. The quantitative estimate of drug-likeness (QED) is 0.755. The van der Waals surface area contributed by atoms with Crippen LogP contribution < -0.4 is 20.5 Å². The summed E-state index contributed by atoms with van der Waals surface area (Å²) in [7, 11) is 1.48. The van der Waals surface area contributed by atoms with E-state index in [4.69, 9.17) is 26.8 Å². The van der Waals surface area contributed by atoms with E-state index in [0.29, 0.717) is 22.0 Å². The van der Waals surface area contributed by atoms with Crippen molar-refractivity contribution in [1.29, 1.82) is 0 Å². The number of hydrogen-bond acceptors (Lipinski definition) is 4. The number of rotatable bonds is 6. The van der Waals surface area contributed by atoms with Crippen LogP contribution in [-0.4, -0.2) is 19.1 Å². The maximum Gasteiger partial charge on any atom is 0.255 e. The number of nitrogens with two attached hydrogens (primary N) is 1. The van der Waals surface area contributed by atoms with E-state index < -0.39 is 0 Å². The van der Waals surface area contributed by atoms with Crippen LogP contribution >= 0.6 is 11.6 Å². The average Bonchev–Trinajstić information content (AvgIpc) is 2.56. The van der Waals surface area contributed by atoms with Gasteiger partial charge in [0.25, 0.3) is 5.91 Å². The molecule has 3 N–H and O–H groups in total. The van der Waals surface area contributed by atoms with E-state index in [1.165, 1.54) is 13.2 Å². The van der Waals surface area contributed by atoms with Crippen molar-refractivity contribution >= 4 is 23.2 Å². The topological polar surface area (TPSA) is 73.6 Å². The summed E-state index contributed by atoms with van der Waals surface area (Å²) in [5, 5.41) is 3.25. The first-order valence-corrected chi connectivity index (χ1v) is 8.40. The van der Waals surface area contributed by atoms with Gasteiger partial charge in [0.1, 0.15) is 11.5 Å². The van der Waals surface area contributed by atoms with Crippen LogP contribution in [-0.2, 0) is 0 Å². The second-order valence-electron chi connectivity index (χ2n) is 6.01. The van der Waals surface area contributed by atoms with Crippen molar-refractivity contribution in [3.63, 3.8) is 0 Å². The minimum atomic E-state index is -0.290. The molecule has 6 heteroatoms. The normalized spacial score (nSPS) is 11.9. The van der Waals surface area contributed by atoms with Gasteiger partial charge in [-0.1, -0.05) is 23.7 Å². The van der Waals surface area contributed by atoms with E-state index in [-0.39, 0.29) is 18.1 Å². The second-order valence-corrected chi connectivity index (χ2v) is 6.42. The molecule has 0 heterocycles. The predicted molar refractivity (Wildman–Crippen MR) is 101 cm³/mol. The number of carbonyl (C=O) groups excluding carboxylic acids is 1. The summed E-state index contributed by atoms with van der Waals surface area (Å²) in [6, 6.07) is 10.5. The van der Waals surface area contributed by atoms with Crippen molar-refractivity contribution in [2.45, 2.75) is 32.9 Å². The van der Waals surface area contributed by atoms with Crippen molar-refractivity contribution < 1.29 is 14.3 Å². The Labute approximate surface area is 153 Å². The lowest BCUT2D eigenvalue weighted by molar-refractivity contribution is 0.0936. The monoisotopic (exact) mass is 362 g/mol. The first-order valence-electron chi connectivity index (χ1n) is 8.02. The Hall–Kier alpha value is -2.40. The summed E-state index contributed by atoms with van der Waals surface area (Å²) in [5.74, 6) is 0.853. The molecule has 0 saturated carbocycles. The van der Waals surface area contributed by atoms with Gasteiger partial charge in [-0.3, -0.25) is 4.79 Å². The zero-order valence-corrected chi connectivity index (χ0v) is 15.6. The minimum absolute atomic E-state index is 0.0846. The van der Waals surface area contributed by atoms with Crippen LogP contribution in [0.3, 0.4) is 0 Å². The van der Waals surface area contributed by atoms with Crippen molar-refractivity contribution in [2.24, 2.45) is 0 Å². The number of hydrogen-bond donors (Lipinski definition) is 2. The Morgan fingerprint density at radius 3 is 2.56 bits per heavy atom. The Morgan fingerprint density at radius 1 is 1.20 bits per heavy atom. The van der Waals surface area contributed by atoms with Gasteiger partial charge in [-0.2, -0.15) is 0 Å². The number of benzene rings is 2. The van der Waals surface area contributed by atoms with Crippen LogP contribution in [0.2, 0.25) is 5.02 Å². The zero-order chi connectivity index (χ0) is 18.6. The van der Waals surface area contributed by atoms with Gasteiger partial charge < -0.3 is 20.5 Å². The van der Waals surface area contributed by atoms with Gasteiger partial charge in [0.05, 0.1) is 35.5 Å². The molecule has 0 aliphatic heterocycles. The molecule has 1 unspecified atom stereocenters. The molecule has 0 fully saturated rings. The number of halogens is 1. The Morgan fingerprint density at radius 2 is 1.92 bits per heavy atom. The molecule has 2 aromatic rings. The summed E-state index contributed by atoms with van der Waals surface area (Å²) < 4.78 is 10.9. The zero-order valence-electron chi connectivity index (χ0n) is 14.8. The number of methoxy groups -OCH3 is 1. The van der Waals surface area contributed by atoms with Gasteiger partial charge in [0.15, 0.2) is 0 Å². The summed E-state index contributed by atoms with van der Waals surface area (Å²) in [5.41, 5.74) is 7.39. The predicted octanol–water partition coefficient (Wildman–Crippen LogP) is 4.21. The largest absolute Gasteiger partial charge is 0.496 e. The molecular formula is C19H23ClN2O3. The molecule has 0 radical (unpaired) electrons. The lowest BCUT2D eigenvalue weighted by atomic mass is 10.1. The van der Waals surface area contributed by atoms with Crippen molar-refractivity contribution in [2.75, 3.05) is 12.8 Å². The number of carbonyl (C=O) groups is 1. The van der Waals surface area contributed by atoms with Gasteiger partial charge in [-0.05, 0) is 44.5 Å². The van der Waals surface area contributed by atoms with Crippen LogP contribution in [0, 0.1) is 0 Å². The van der Waals surface area contributed by atoms with Gasteiger partial charge in [-0.25, -0.2) is 0 Å². The highest BCUT2D eigenvalue weighted by atomic mass is 35.5. The van der Waals surface area contributed by atoms with E-state index in [1.54, 1.807) is 6.07 Å². The van der Waals surface area contributed by atoms with E-state index >= 15 is 0 Å². The van der Waals surface area contributed by atoms with E-state index in [1.807, 2.05) is 45.0 Å². The SMILES string of the molecule is COc1cc(N)c(Cl)cc1C(=O)NC(C)c1cccc(OC(C)C)c1. The van der Waals surface area contributed by atoms with E-state index in [9.17, 15) is 4.79 Å². The average molecular weight is 363 g/mol. The maximum atomic E-state index is 12.6. The summed E-state index contributed by atoms with van der Waals surface area (Å²) in [4.78, 5) is 12.6. The van der Waals surface area contributed by atoms with Gasteiger partial charge in [0, 0.05) is 6.07 Å². The lowest BCUT2D eigenvalue weighted by Gasteiger charge is -2.18. The third-order valence-electron chi connectivity index (χ3n) is 3.64. The minimum Gasteiger partial charge on any atom is -0.496 e. The molecule has 0 saturated heterocycles. The van der Waals surface area contributed by atoms with Crippen molar-refractivity contribution in [3.8, 4) is 11.5 Å². The highest BCUT2D eigenvalue weighted by molar-refractivity contribution is 6.33. The summed E-state index contributed by atoms with van der Waals surface area (Å²) in [6.45, 7) is 5.84. The molecule has 5 nitrogen and oxygen atoms in total. The molecule has 0 spiro atoms. The van der Waals surface area contributed by atoms with Crippen LogP contribution in [0.25, 0.3) is 0 Å². The second kappa shape index (κ2) is 8.12. The van der Waals surface area contributed by atoms with Gasteiger partial charge in [0.2, 0.25) is 0 Å². The van der Waals surface area contributed by atoms with Crippen LogP contribution in [0.1, 0.15) is 42.7 Å². The Kier molecular flexibility index (Phi) is 6.15. The summed E-state index contributed by atoms with van der Waals surface area (Å²) >= 11 is 6.03. The Bertz CT molecular complexity index is 762. The number of amides is 1. The molecule has 134 valence electrons. The smallest absolute Gasteiger partial charge is 0.255 e. The highest BCUT2D eigenvalue weighted by Crippen LogP contribution is 2.29. The lowest BCUT2D eigenvalue weighted by Crippen LogP contribution is -2.27. The maximum absolute atomic E-state index is 12.6. The molecule has 0 aromatic heterocycles. The van der Waals surface area contributed by atoms with Gasteiger partial charge >= 0.3 is 0 Å². The first-order chi connectivity index (χ1) is 11.8. The van der Waals surface area contributed by atoms with Crippen LogP contribution in [0.4, 0.5) is 5.69 Å². The van der Waals surface area contributed by atoms with Crippen LogP contribution in [0.15, 0.2) is 36.4 Å². The molecular weight excluding hydrogens is 340 g/mol. The third kappa shape index (κ3) is 4.79. The fourth-order valence-electron chi connectivity index (χ4n) is 2.40. The number of nitrogen functional groups attached to an aromatic ring is 1. The Balaban J connectivity index is 2.19. The molecule has 0 aliphatic carbocycles. The number of anilines is 1. The van der Waals surface area contributed by atoms with Crippen molar-refractivity contribution in [1.82, 2.24) is 5.32 Å². The van der Waals surface area contributed by atoms with Crippen molar-refractivity contribution in [3.05, 3.63) is 52.5 Å². The van der Waals surface area contributed by atoms with E-state index in [2.05, 4.69) is 5.32 Å². The number of ether oxygens (including phenoxy) is 2. The fraction of sp³-hybridized carbons (Fsp3) is 0.316. The molecule has 2 aromatic carbocycles. The third-order valence-corrected chi connectivity index (χ3v) is 3.97. The summed E-state index contributed by atoms with van der Waals surface area (Å²) in [6.07, 6.45) is 0.0846. The highest BCUT2D eigenvalue weighted by Gasteiger charge is 2.18. The molecule has 2 rings (SSSR count). The van der Waals surface area contributed by atoms with Gasteiger partial charge in [-0.15, -0.1) is 0 Å². The molecule has 0 bridgehead atoms. The molecule has 1 amide bonds.